The van der Waals surface area contributed by atoms with Gasteiger partial charge in [-0.25, -0.2) is 0 Å². The van der Waals surface area contributed by atoms with Gasteiger partial charge in [-0.1, -0.05) is 0 Å². The van der Waals surface area contributed by atoms with E-state index in [0.717, 1.165) is 33.1 Å². The number of likely N-dealkylation sites (N-methyl/N-ethyl adjacent to an activating group) is 1. The summed E-state index contributed by atoms with van der Waals surface area (Å²) in [6.07, 6.45) is 0. The monoisotopic (exact) mass is 158 g/mol. The molecule has 1 fully saturated rings. The Hall–Kier alpha value is -0.160. The molecule has 0 amide bonds. The normalized spacial score (nSPS) is 21.0. The molecular weight excluding hydrogens is 140 g/mol. The molecule has 0 saturated carbocycles. The van der Waals surface area contributed by atoms with Crippen molar-refractivity contribution in [1.29, 1.82) is 0 Å². The van der Waals surface area contributed by atoms with Crippen molar-refractivity contribution in [2.24, 2.45) is 0 Å². The van der Waals surface area contributed by atoms with Crippen molar-refractivity contribution >= 4 is 0 Å². The summed E-state index contributed by atoms with van der Waals surface area (Å²) in [7, 11) is 4.20. The summed E-state index contributed by atoms with van der Waals surface area (Å²) < 4.78 is 0. The Balaban J connectivity index is 2.05. The summed E-state index contributed by atoms with van der Waals surface area (Å²) in [6, 6.07) is 0. The lowest BCUT2D eigenvalue weighted by Gasteiger charge is -2.28. The molecule has 4 nitrogen and oxygen atoms in total. The van der Waals surface area contributed by atoms with Crippen LogP contribution in [0.2, 0.25) is 0 Å². The zero-order chi connectivity index (χ0) is 8.10. The van der Waals surface area contributed by atoms with Gasteiger partial charge in [-0.3, -0.25) is 15.5 Å². The van der Waals surface area contributed by atoms with Gasteiger partial charge in [0.15, 0.2) is 0 Å². The van der Waals surface area contributed by atoms with Gasteiger partial charge in [0.2, 0.25) is 0 Å². The Morgan fingerprint density at radius 1 is 1.27 bits per heavy atom. The maximum Gasteiger partial charge on any atom is 0.0503 e. The highest BCUT2D eigenvalue weighted by molar-refractivity contribution is 4.61. The average molecular weight is 158 g/mol. The van der Waals surface area contributed by atoms with Gasteiger partial charge in [0, 0.05) is 19.8 Å². The molecule has 2 N–H and O–H groups in total. The minimum Gasteiger partial charge on any atom is -0.308 e. The lowest BCUT2D eigenvalue weighted by molar-refractivity contribution is 0.176. The van der Waals surface area contributed by atoms with E-state index in [1.54, 1.807) is 0 Å². The third-order valence-electron chi connectivity index (χ3n) is 1.78. The van der Waals surface area contributed by atoms with Gasteiger partial charge in [0.25, 0.3) is 0 Å². The number of nitrogens with one attached hydrogen (secondary N) is 2. The first-order valence-corrected chi connectivity index (χ1v) is 4.07. The second-order valence-corrected chi connectivity index (χ2v) is 3.19. The van der Waals surface area contributed by atoms with Crippen molar-refractivity contribution in [2.45, 2.75) is 0 Å². The molecule has 1 saturated heterocycles. The van der Waals surface area contributed by atoms with Crippen LogP contribution in [0.4, 0.5) is 0 Å². The molecule has 0 aromatic heterocycles. The van der Waals surface area contributed by atoms with E-state index in [9.17, 15) is 0 Å². The molecule has 1 aliphatic rings. The van der Waals surface area contributed by atoms with Gasteiger partial charge in [0.05, 0.1) is 13.3 Å². The molecule has 0 aromatic carbocycles. The Morgan fingerprint density at radius 2 is 1.91 bits per heavy atom. The largest absolute Gasteiger partial charge is 0.308 e. The Labute approximate surface area is 68.5 Å². The van der Waals surface area contributed by atoms with Crippen molar-refractivity contribution in [2.75, 3.05) is 47.2 Å². The standard InChI is InChI=1S/C7H18N4/c1-10(2)3-4-11-6-8-5-9-7-11/h8-9H,3-7H2,1-2H3. The molecule has 11 heavy (non-hydrogen) atoms. The van der Waals surface area contributed by atoms with E-state index in [1.165, 1.54) is 0 Å². The third kappa shape index (κ3) is 3.67. The van der Waals surface area contributed by atoms with Crippen LogP contribution >= 0.6 is 0 Å². The highest BCUT2D eigenvalue weighted by Gasteiger charge is 2.07. The first kappa shape index (κ1) is 8.93. The second kappa shape index (κ2) is 4.66. The zero-order valence-electron chi connectivity index (χ0n) is 7.43. The maximum atomic E-state index is 3.25. The van der Waals surface area contributed by atoms with E-state index in [0.29, 0.717) is 0 Å². The number of rotatable bonds is 3. The van der Waals surface area contributed by atoms with Crippen LogP contribution in [0.3, 0.4) is 0 Å². The number of hydrogen-bond donors (Lipinski definition) is 2. The molecule has 66 valence electrons. The van der Waals surface area contributed by atoms with Gasteiger partial charge < -0.3 is 4.90 Å². The Morgan fingerprint density at radius 3 is 2.45 bits per heavy atom. The number of hydrogen-bond acceptors (Lipinski definition) is 4. The average Bonchev–Trinajstić information content (AvgIpc) is 2.03. The van der Waals surface area contributed by atoms with Gasteiger partial charge in [-0.05, 0) is 14.1 Å². The highest BCUT2D eigenvalue weighted by Crippen LogP contribution is 1.87. The molecule has 0 aromatic rings. The van der Waals surface area contributed by atoms with Crippen LogP contribution in [0.25, 0.3) is 0 Å². The molecule has 0 aliphatic carbocycles. The molecule has 0 spiro atoms. The van der Waals surface area contributed by atoms with Crippen molar-refractivity contribution in [3.8, 4) is 0 Å². The molecule has 1 heterocycles. The molecule has 0 atom stereocenters. The molecule has 4 heteroatoms. The van der Waals surface area contributed by atoms with Crippen molar-refractivity contribution < 1.29 is 0 Å². The van der Waals surface area contributed by atoms with E-state index in [4.69, 9.17) is 0 Å². The fourth-order valence-electron chi connectivity index (χ4n) is 1.07. The van der Waals surface area contributed by atoms with Gasteiger partial charge in [-0.2, -0.15) is 0 Å². The first-order valence-electron chi connectivity index (χ1n) is 4.07. The lowest BCUT2D eigenvalue weighted by Crippen LogP contribution is -2.51. The molecule has 0 radical (unpaired) electrons. The fraction of sp³-hybridized carbons (Fsp3) is 1.00. The van der Waals surface area contributed by atoms with Crippen LogP contribution in [0, 0.1) is 0 Å². The summed E-state index contributed by atoms with van der Waals surface area (Å²) in [4.78, 5) is 4.55. The van der Waals surface area contributed by atoms with Crippen LogP contribution in [-0.4, -0.2) is 57.0 Å². The summed E-state index contributed by atoms with van der Waals surface area (Å²) >= 11 is 0. The fourth-order valence-corrected chi connectivity index (χ4v) is 1.07. The summed E-state index contributed by atoms with van der Waals surface area (Å²) in [6.45, 7) is 5.23. The quantitative estimate of drug-likeness (QED) is 0.547. The Bertz CT molecular complexity index is 98.6. The van der Waals surface area contributed by atoms with Gasteiger partial charge in [0.1, 0.15) is 0 Å². The van der Waals surface area contributed by atoms with E-state index in [2.05, 4.69) is 34.5 Å². The van der Waals surface area contributed by atoms with Crippen LogP contribution in [-0.2, 0) is 0 Å². The second-order valence-electron chi connectivity index (χ2n) is 3.19. The van der Waals surface area contributed by atoms with Crippen molar-refractivity contribution in [3.05, 3.63) is 0 Å². The molecular formula is C7H18N4. The molecule has 1 aliphatic heterocycles. The van der Waals surface area contributed by atoms with Crippen LogP contribution < -0.4 is 10.6 Å². The molecule has 0 unspecified atom stereocenters. The van der Waals surface area contributed by atoms with Gasteiger partial charge >= 0.3 is 0 Å². The summed E-state index contributed by atoms with van der Waals surface area (Å²) in [5, 5.41) is 6.51. The van der Waals surface area contributed by atoms with Crippen LogP contribution in [0.15, 0.2) is 0 Å². The molecule has 0 bridgehead atoms. The predicted octanol–water partition coefficient (Wildman–Crippen LogP) is -1.08. The van der Waals surface area contributed by atoms with Crippen molar-refractivity contribution in [3.63, 3.8) is 0 Å². The first-order chi connectivity index (χ1) is 5.29. The van der Waals surface area contributed by atoms with Crippen LogP contribution in [0.5, 0.6) is 0 Å². The lowest BCUT2D eigenvalue weighted by atomic mass is 10.5. The number of nitrogens with zero attached hydrogens (tertiary/aromatic N) is 2. The van der Waals surface area contributed by atoms with E-state index >= 15 is 0 Å². The minimum absolute atomic E-state index is 0.943. The highest BCUT2D eigenvalue weighted by atomic mass is 15.4. The van der Waals surface area contributed by atoms with E-state index in [1.807, 2.05) is 0 Å². The molecule has 1 rings (SSSR count). The zero-order valence-corrected chi connectivity index (χ0v) is 7.43. The van der Waals surface area contributed by atoms with Gasteiger partial charge in [-0.15, -0.1) is 0 Å². The maximum absolute atomic E-state index is 3.25. The van der Waals surface area contributed by atoms with E-state index in [-0.39, 0.29) is 0 Å². The summed E-state index contributed by atoms with van der Waals surface area (Å²) in [5.74, 6) is 0. The predicted molar refractivity (Wildman–Crippen MR) is 46.1 cm³/mol. The topological polar surface area (TPSA) is 30.5 Å². The minimum atomic E-state index is 0.943. The van der Waals surface area contributed by atoms with E-state index < -0.39 is 0 Å². The summed E-state index contributed by atoms with van der Waals surface area (Å²) in [5.41, 5.74) is 0. The Kier molecular flexibility index (Phi) is 3.79. The van der Waals surface area contributed by atoms with Crippen LogP contribution in [0.1, 0.15) is 0 Å². The SMILES string of the molecule is CN(C)CCN1CNCNC1. The van der Waals surface area contributed by atoms with Crippen molar-refractivity contribution in [1.82, 2.24) is 20.4 Å². The smallest absolute Gasteiger partial charge is 0.0503 e. The third-order valence-corrected chi connectivity index (χ3v) is 1.78.